The minimum atomic E-state index is -0.0217. The quantitative estimate of drug-likeness (QED) is 0.148. The molecule has 0 aromatic heterocycles. The van der Waals surface area contributed by atoms with Gasteiger partial charge < -0.3 is 9.85 Å². The lowest BCUT2D eigenvalue weighted by molar-refractivity contribution is -0.861. The van der Waals surface area contributed by atoms with Crippen LogP contribution >= 0.6 is 0 Å². The van der Waals surface area contributed by atoms with Crippen molar-refractivity contribution in [1.29, 1.82) is 0 Å². The number of hydroxylamine groups is 3. The van der Waals surface area contributed by atoms with Crippen molar-refractivity contribution in [3.63, 3.8) is 0 Å². The zero-order chi connectivity index (χ0) is 17.2. The highest BCUT2D eigenvalue weighted by atomic mass is 16.5. The molecule has 0 N–H and O–H groups in total. The summed E-state index contributed by atoms with van der Waals surface area (Å²) in [5.41, 5.74) is 0. The maximum absolute atomic E-state index is 12.1. The Morgan fingerprint density at radius 3 is 1.17 bits per heavy atom. The average Bonchev–Trinajstić information content (AvgIpc) is 2.53. The number of hydrogen-bond acceptors (Lipinski definition) is 1. The molecular formula is C21H45NO. The molecule has 0 aliphatic rings. The SMILES string of the molecule is CCCCCCCCCCCCCCCC[N+](C)([O-])CCCC. The Morgan fingerprint density at radius 1 is 0.478 bits per heavy atom. The van der Waals surface area contributed by atoms with Crippen LogP contribution in [0.3, 0.4) is 0 Å². The molecule has 0 fully saturated rings. The van der Waals surface area contributed by atoms with E-state index in [-0.39, 0.29) is 4.65 Å². The van der Waals surface area contributed by atoms with E-state index in [4.69, 9.17) is 0 Å². The van der Waals surface area contributed by atoms with E-state index in [2.05, 4.69) is 13.8 Å². The summed E-state index contributed by atoms with van der Waals surface area (Å²) in [6, 6.07) is 0. The third-order valence-corrected chi connectivity index (χ3v) is 4.97. The molecule has 0 saturated heterocycles. The summed E-state index contributed by atoms with van der Waals surface area (Å²) in [6.45, 7) is 6.06. The first-order valence-corrected chi connectivity index (χ1v) is 10.7. The standard InChI is InChI=1S/C21H45NO/c1-4-6-8-9-10-11-12-13-14-15-16-17-18-19-21-22(3,23)20-7-5-2/h4-21H2,1-3H3. The number of rotatable bonds is 18. The zero-order valence-electron chi connectivity index (χ0n) is 16.6. The summed E-state index contributed by atoms with van der Waals surface area (Å²) < 4.78 is -0.0217. The molecule has 0 aromatic carbocycles. The molecule has 0 aliphatic carbocycles. The van der Waals surface area contributed by atoms with Gasteiger partial charge in [-0.3, -0.25) is 0 Å². The summed E-state index contributed by atoms with van der Waals surface area (Å²) in [5, 5.41) is 12.1. The molecule has 0 rings (SSSR count). The number of unbranched alkanes of at least 4 members (excludes halogenated alkanes) is 14. The van der Waals surface area contributed by atoms with Gasteiger partial charge in [0.05, 0.1) is 20.1 Å². The van der Waals surface area contributed by atoms with Crippen molar-refractivity contribution < 1.29 is 4.65 Å². The summed E-state index contributed by atoms with van der Waals surface area (Å²) in [6.07, 6.45) is 21.5. The second-order valence-electron chi connectivity index (χ2n) is 7.69. The number of quaternary nitrogens is 1. The molecule has 23 heavy (non-hydrogen) atoms. The second kappa shape index (κ2) is 16.8. The Bertz CT molecular complexity index is 228. The first-order valence-electron chi connectivity index (χ1n) is 10.7. The Balaban J connectivity index is 3.16. The van der Waals surface area contributed by atoms with Crippen LogP contribution in [-0.2, 0) is 0 Å². The van der Waals surface area contributed by atoms with Crippen LogP contribution in [0.15, 0.2) is 0 Å². The molecular weight excluding hydrogens is 282 g/mol. The highest BCUT2D eigenvalue weighted by Gasteiger charge is 2.08. The van der Waals surface area contributed by atoms with Crippen LogP contribution in [0.1, 0.15) is 117 Å². The van der Waals surface area contributed by atoms with Gasteiger partial charge in [-0.1, -0.05) is 97.3 Å². The van der Waals surface area contributed by atoms with Gasteiger partial charge in [0.1, 0.15) is 0 Å². The van der Waals surface area contributed by atoms with E-state index in [1.54, 1.807) is 0 Å². The first kappa shape index (κ1) is 22.9. The fourth-order valence-electron chi connectivity index (χ4n) is 3.25. The van der Waals surface area contributed by atoms with Crippen molar-refractivity contribution in [3.05, 3.63) is 5.21 Å². The van der Waals surface area contributed by atoms with Gasteiger partial charge in [-0.05, 0) is 19.3 Å². The molecule has 0 saturated carbocycles. The first-order chi connectivity index (χ1) is 11.1. The average molecular weight is 328 g/mol. The molecule has 0 radical (unpaired) electrons. The van der Waals surface area contributed by atoms with Gasteiger partial charge >= 0.3 is 0 Å². The van der Waals surface area contributed by atoms with Crippen LogP contribution in [0.2, 0.25) is 0 Å². The van der Waals surface area contributed by atoms with Crippen molar-refractivity contribution in [2.24, 2.45) is 0 Å². The van der Waals surface area contributed by atoms with E-state index >= 15 is 0 Å². The van der Waals surface area contributed by atoms with E-state index in [1.807, 2.05) is 7.05 Å². The van der Waals surface area contributed by atoms with Gasteiger partial charge in [0.2, 0.25) is 0 Å². The lowest BCUT2D eigenvalue weighted by Crippen LogP contribution is -2.39. The summed E-state index contributed by atoms with van der Waals surface area (Å²) >= 11 is 0. The molecule has 0 spiro atoms. The number of hydrogen-bond donors (Lipinski definition) is 0. The molecule has 1 unspecified atom stereocenters. The van der Waals surface area contributed by atoms with Crippen molar-refractivity contribution in [2.45, 2.75) is 117 Å². The second-order valence-corrected chi connectivity index (χ2v) is 7.69. The summed E-state index contributed by atoms with van der Waals surface area (Å²) in [4.78, 5) is 0. The van der Waals surface area contributed by atoms with E-state index in [9.17, 15) is 5.21 Å². The fraction of sp³-hybridized carbons (Fsp3) is 1.00. The van der Waals surface area contributed by atoms with Crippen LogP contribution in [0, 0.1) is 5.21 Å². The van der Waals surface area contributed by atoms with E-state index < -0.39 is 0 Å². The van der Waals surface area contributed by atoms with E-state index in [1.165, 1.54) is 83.5 Å². The zero-order valence-corrected chi connectivity index (χ0v) is 16.6. The van der Waals surface area contributed by atoms with Gasteiger partial charge in [0, 0.05) is 0 Å². The lowest BCUT2D eigenvalue weighted by atomic mass is 10.0. The van der Waals surface area contributed by atoms with Crippen molar-refractivity contribution in [1.82, 2.24) is 0 Å². The van der Waals surface area contributed by atoms with Gasteiger partial charge in [-0.25, -0.2) is 0 Å². The van der Waals surface area contributed by atoms with E-state index in [0.717, 1.165) is 32.4 Å². The third-order valence-electron chi connectivity index (χ3n) is 4.97. The Kier molecular flexibility index (Phi) is 16.7. The van der Waals surface area contributed by atoms with Crippen molar-refractivity contribution >= 4 is 0 Å². The monoisotopic (exact) mass is 327 g/mol. The predicted molar refractivity (Wildman–Crippen MR) is 105 cm³/mol. The lowest BCUT2D eigenvalue weighted by Gasteiger charge is -2.38. The molecule has 2 heteroatoms. The maximum atomic E-state index is 12.1. The van der Waals surface area contributed by atoms with Crippen LogP contribution in [-0.4, -0.2) is 24.8 Å². The molecule has 0 heterocycles. The third kappa shape index (κ3) is 18.1. The largest absolute Gasteiger partial charge is 0.633 e. The molecule has 0 amide bonds. The molecule has 0 aliphatic heterocycles. The fourth-order valence-corrected chi connectivity index (χ4v) is 3.25. The molecule has 140 valence electrons. The summed E-state index contributed by atoms with van der Waals surface area (Å²) in [5.74, 6) is 0. The number of nitrogens with zero attached hydrogens (tertiary/aromatic N) is 1. The van der Waals surface area contributed by atoms with Crippen molar-refractivity contribution in [2.75, 3.05) is 20.1 Å². The smallest absolute Gasteiger partial charge is 0.0781 e. The van der Waals surface area contributed by atoms with Gasteiger partial charge in [-0.2, -0.15) is 0 Å². The predicted octanol–water partition coefficient (Wildman–Crippen LogP) is 7.21. The van der Waals surface area contributed by atoms with Gasteiger partial charge in [0.15, 0.2) is 0 Å². The highest BCUT2D eigenvalue weighted by molar-refractivity contribution is 4.50. The maximum Gasteiger partial charge on any atom is 0.0781 e. The van der Waals surface area contributed by atoms with E-state index in [0.29, 0.717) is 0 Å². The van der Waals surface area contributed by atoms with Crippen LogP contribution < -0.4 is 0 Å². The summed E-state index contributed by atoms with van der Waals surface area (Å²) in [7, 11) is 1.85. The van der Waals surface area contributed by atoms with Crippen LogP contribution in [0.4, 0.5) is 0 Å². The normalized spacial score (nSPS) is 14.1. The highest BCUT2D eigenvalue weighted by Crippen LogP contribution is 2.14. The van der Waals surface area contributed by atoms with Gasteiger partial charge in [-0.15, -0.1) is 0 Å². The van der Waals surface area contributed by atoms with Gasteiger partial charge in [0.25, 0.3) is 0 Å². The minimum absolute atomic E-state index is 0.0217. The Hall–Kier alpha value is -0.0800. The van der Waals surface area contributed by atoms with Crippen LogP contribution in [0.25, 0.3) is 0 Å². The molecule has 0 bridgehead atoms. The minimum Gasteiger partial charge on any atom is -0.633 e. The van der Waals surface area contributed by atoms with Crippen molar-refractivity contribution in [3.8, 4) is 0 Å². The Labute approximate surface area is 147 Å². The molecule has 0 aromatic rings. The topological polar surface area (TPSA) is 23.1 Å². The van der Waals surface area contributed by atoms with Crippen LogP contribution in [0.5, 0.6) is 0 Å². The Morgan fingerprint density at radius 2 is 0.783 bits per heavy atom. The molecule has 1 atom stereocenters. The molecule has 2 nitrogen and oxygen atoms in total.